The van der Waals surface area contributed by atoms with Crippen molar-refractivity contribution < 1.29 is 14.3 Å². The van der Waals surface area contributed by atoms with Gasteiger partial charge in [0, 0.05) is 31.0 Å². The zero-order chi connectivity index (χ0) is 20.8. The van der Waals surface area contributed by atoms with E-state index in [2.05, 4.69) is 29.0 Å². The van der Waals surface area contributed by atoms with E-state index in [-0.39, 0.29) is 22.9 Å². The van der Waals surface area contributed by atoms with Crippen LogP contribution in [-0.2, 0) is 17.9 Å². The summed E-state index contributed by atoms with van der Waals surface area (Å²) in [6.07, 6.45) is 2.02. The van der Waals surface area contributed by atoms with E-state index in [1.807, 2.05) is 20.2 Å². The summed E-state index contributed by atoms with van der Waals surface area (Å²) in [4.78, 5) is 28.0. The van der Waals surface area contributed by atoms with Gasteiger partial charge in [0.15, 0.2) is 11.3 Å². The van der Waals surface area contributed by atoms with E-state index in [1.54, 1.807) is 6.07 Å². The highest BCUT2D eigenvalue weighted by molar-refractivity contribution is 5.93. The Balaban J connectivity index is 2.62. The van der Waals surface area contributed by atoms with Gasteiger partial charge in [-0.15, -0.1) is 0 Å². The molecule has 2 N–H and O–H groups in total. The van der Waals surface area contributed by atoms with Crippen molar-refractivity contribution in [2.45, 2.75) is 46.7 Å². The molecule has 0 aliphatic rings. The average Bonchev–Trinajstić information content (AvgIpc) is 2.60. The number of carbonyl (C=O) groups is 1. The van der Waals surface area contributed by atoms with Crippen LogP contribution < -0.4 is 10.9 Å². The molecular formula is C21H31N3O4. The van der Waals surface area contributed by atoms with Crippen LogP contribution >= 0.6 is 0 Å². The van der Waals surface area contributed by atoms with Crippen LogP contribution in [0, 0.1) is 0 Å². The Kier molecular flexibility index (Phi) is 7.60. The summed E-state index contributed by atoms with van der Waals surface area (Å²) in [5.74, 6) is -0.371. The Hall–Kier alpha value is -2.38. The van der Waals surface area contributed by atoms with Crippen molar-refractivity contribution in [2.75, 3.05) is 32.5 Å². The summed E-state index contributed by atoms with van der Waals surface area (Å²) in [7, 11) is 4.02. The Morgan fingerprint density at radius 3 is 2.18 bits per heavy atom. The van der Waals surface area contributed by atoms with E-state index in [0.717, 1.165) is 37.1 Å². The highest BCUT2D eigenvalue weighted by Gasteiger charge is 2.18. The van der Waals surface area contributed by atoms with Crippen LogP contribution in [0.2, 0.25) is 0 Å². The number of hydrogen-bond acceptors (Lipinski definition) is 6. The highest BCUT2D eigenvalue weighted by Crippen LogP contribution is 2.33. The number of hydrogen-bond donors (Lipinski definition) is 2. The van der Waals surface area contributed by atoms with E-state index >= 15 is 0 Å². The lowest BCUT2D eigenvalue weighted by Gasteiger charge is -2.21. The molecule has 0 bridgehead atoms. The first kappa shape index (κ1) is 21.9. The number of phenolic OH excluding ortho intramolecular Hbond substituents is 1. The number of benzene rings is 1. The van der Waals surface area contributed by atoms with Gasteiger partial charge < -0.3 is 24.6 Å². The fraction of sp³-hybridized carbons (Fsp3) is 0.524. The van der Waals surface area contributed by atoms with Gasteiger partial charge in [0.1, 0.15) is 5.69 Å². The predicted octanol–water partition coefficient (Wildman–Crippen LogP) is 3.14. The minimum absolute atomic E-state index is 0.0219. The van der Waals surface area contributed by atoms with Crippen LogP contribution in [-0.4, -0.2) is 48.0 Å². The normalized spacial score (nSPS) is 11.5. The molecule has 7 heteroatoms. The van der Waals surface area contributed by atoms with Gasteiger partial charge in [0.25, 0.3) is 0 Å². The number of aromatic hydroxyl groups is 1. The van der Waals surface area contributed by atoms with Gasteiger partial charge in [-0.1, -0.05) is 13.8 Å². The average molecular weight is 389 g/mol. The molecule has 154 valence electrons. The van der Waals surface area contributed by atoms with Gasteiger partial charge in [-0.2, -0.15) is 0 Å². The van der Waals surface area contributed by atoms with E-state index in [9.17, 15) is 14.7 Å². The van der Waals surface area contributed by atoms with Crippen molar-refractivity contribution in [1.29, 1.82) is 0 Å². The van der Waals surface area contributed by atoms with Crippen molar-refractivity contribution in [3.63, 3.8) is 0 Å². The summed E-state index contributed by atoms with van der Waals surface area (Å²) in [6, 6.07) is 3.56. The Bertz CT molecular complexity index is 891. The minimum atomic E-state index is -0.676. The molecule has 1 amide bonds. The highest BCUT2D eigenvalue weighted by atomic mass is 16.4. The molecule has 1 aromatic carbocycles. The van der Waals surface area contributed by atoms with Crippen molar-refractivity contribution in [1.82, 2.24) is 9.80 Å². The van der Waals surface area contributed by atoms with Crippen molar-refractivity contribution in [2.24, 2.45) is 0 Å². The molecule has 0 aliphatic heterocycles. The Morgan fingerprint density at radius 1 is 1.07 bits per heavy atom. The van der Waals surface area contributed by atoms with Crippen LogP contribution in [0.3, 0.4) is 0 Å². The van der Waals surface area contributed by atoms with Gasteiger partial charge in [-0.05, 0) is 57.7 Å². The fourth-order valence-corrected chi connectivity index (χ4v) is 3.42. The van der Waals surface area contributed by atoms with Crippen LogP contribution in [0.5, 0.6) is 5.75 Å². The van der Waals surface area contributed by atoms with E-state index < -0.39 is 5.63 Å². The SMILES string of the molecule is CCCN(C)Cc1cc(CN(C)CCC)c2cc(NC(C)=O)c(=O)oc2c1O. The maximum absolute atomic E-state index is 12.3. The van der Waals surface area contributed by atoms with Gasteiger partial charge in [-0.3, -0.25) is 4.79 Å². The number of rotatable bonds is 9. The number of nitrogens with zero attached hydrogens (tertiary/aromatic N) is 2. The third-order valence-corrected chi connectivity index (χ3v) is 4.56. The molecule has 0 saturated heterocycles. The van der Waals surface area contributed by atoms with Crippen molar-refractivity contribution in [3.05, 3.63) is 33.7 Å². The first-order chi connectivity index (χ1) is 13.3. The molecule has 7 nitrogen and oxygen atoms in total. The summed E-state index contributed by atoms with van der Waals surface area (Å²) < 4.78 is 5.43. The molecule has 1 aromatic heterocycles. The van der Waals surface area contributed by atoms with Gasteiger partial charge in [0.05, 0.1) is 0 Å². The molecule has 2 rings (SSSR count). The first-order valence-corrected chi connectivity index (χ1v) is 9.73. The molecular weight excluding hydrogens is 358 g/mol. The summed E-state index contributed by atoms with van der Waals surface area (Å²) >= 11 is 0. The Labute approximate surface area is 165 Å². The van der Waals surface area contributed by atoms with Crippen LogP contribution in [0.4, 0.5) is 5.69 Å². The smallest absolute Gasteiger partial charge is 0.360 e. The van der Waals surface area contributed by atoms with Crippen LogP contribution in [0.15, 0.2) is 21.3 Å². The zero-order valence-corrected chi connectivity index (χ0v) is 17.5. The number of amides is 1. The molecule has 0 spiro atoms. The maximum atomic E-state index is 12.3. The molecule has 0 radical (unpaired) electrons. The fourth-order valence-electron chi connectivity index (χ4n) is 3.42. The van der Waals surface area contributed by atoms with Crippen molar-refractivity contribution in [3.8, 4) is 5.75 Å². The molecule has 0 saturated carbocycles. The summed E-state index contributed by atoms with van der Waals surface area (Å²) in [5, 5.41) is 13.9. The molecule has 2 aromatic rings. The predicted molar refractivity (Wildman–Crippen MR) is 112 cm³/mol. The van der Waals surface area contributed by atoms with Gasteiger partial charge in [-0.25, -0.2) is 4.79 Å². The lowest BCUT2D eigenvalue weighted by Crippen LogP contribution is -2.21. The lowest BCUT2D eigenvalue weighted by atomic mass is 10.0. The number of carbonyl (C=O) groups excluding carboxylic acids is 1. The number of fused-ring (bicyclic) bond motifs is 1. The lowest BCUT2D eigenvalue weighted by molar-refractivity contribution is -0.114. The van der Waals surface area contributed by atoms with E-state index in [0.29, 0.717) is 18.5 Å². The molecule has 0 atom stereocenters. The van der Waals surface area contributed by atoms with Crippen LogP contribution in [0.25, 0.3) is 11.0 Å². The molecule has 0 fully saturated rings. The standard InChI is InChI=1S/C21H31N3O4/c1-6-8-23(4)12-15-10-16(13-24(5)9-7-2)19(26)20-17(15)11-18(21(27)28-20)22-14(3)25/h10-11,26H,6-9,12-13H2,1-5H3,(H,22,25). The molecule has 28 heavy (non-hydrogen) atoms. The van der Waals surface area contributed by atoms with Crippen LogP contribution in [0.1, 0.15) is 44.7 Å². The second-order valence-corrected chi connectivity index (χ2v) is 7.39. The number of nitrogens with one attached hydrogen (secondary N) is 1. The van der Waals surface area contributed by atoms with Gasteiger partial charge >= 0.3 is 5.63 Å². The van der Waals surface area contributed by atoms with E-state index in [1.165, 1.54) is 6.92 Å². The quantitative estimate of drug-likeness (QED) is 0.641. The van der Waals surface area contributed by atoms with Gasteiger partial charge in [0.2, 0.25) is 5.91 Å². The van der Waals surface area contributed by atoms with Crippen molar-refractivity contribution >= 4 is 22.6 Å². The number of phenols is 1. The maximum Gasteiger partial charge on any atom is 0.360 e. The Morgan fingerprint density at radius 2 is 1.64 bits per heavy atom. The number of anilines is 1. The largest absolute Gasteiger partial charge is 0.504 e. The third kappa shape index (κ3) is 5.33. The monoisotopic (exact) mass is 389 g/mol. The third-order valence-electron chi connectivity index (χ3n) is 4.56. The minimum Gasteiger partial charge on any atom is -0.504 e. The summed E-state index contributed by atoms with van der Waals surface area (Å²) in [5.41, 5.74) is 1.23. The molecule has 0 unspecified atom stereocenters. The van der Waals surface area contributed by atoms with E-state index in [4.69, 9.17) is 4.42 Å². The zero-order valence-electron chi connectivity index (χ0n) is 17.5. The first-order valence-electron chi connectivity index (χ1n) is 9.73. The molecule has 1 heterocycles. The molecule has 0 aliphatic carbocycles. The summed E-state index contributed by atoms with van der Waals surface area (Å²) in [6.45, 7) is 8.56. The second kappa shape index (κ2) is 9.71. The second-order valence-electron chi connectivity index (χ2n) is 7.39. The topological polar surface area (TPSA) is 86.0 Å².